The third-order valence-electron chi connectivity index (χ3n) is 8.35. The number of hydrogen-bond acceptors (Lipinski definition) is 8. The van der Waals surface area contributed by atoms with Crippen LogP contribution in [-0.4, -0.2) is 76.5 Å². The number of ether oxygens (including phenoxy) is 3. The summed E-state index contributed by atoms with van der Waals surface area (Å²) in [5.41, 5.74) is -1.62. The SMILES string of the molecule is Cc1ccc(OCC(=O)NC23CCC(NC(=O)COc4ccc(Cl)c(F)c4)(CC2)C[C@@H]3OC(=O)N[C@H](CCC(=O)O)C(=O)O)cc1F. The molecule has 2 aromatic carbocycles. The van der Waals surface area contributed by atoms with Crippen molar-refractivity contribution in [3.8, 4) is 11.5 Å². The Bertz CT molecular complexity index is 1530. The van der Waals surface area contributed by atoms with Crippen LogP contribution in [0.5, 0.6) is 11.5 Å². The average molecular weight is 682 g/mol. The second kappa shape index (κ2) is 14.8. The second-order valence-electron chi connectivity index (χ2n) is 11.7. The fraction of sp³-hybridized carbons (Fsp3) is 0.452. The number of nitrogens with one attached hydrogen (secondary N) is 3. The van der Waals surface area contributed by atoms with Gasteiger partial charge in [0.15, 0.2) is 13.2 Å². The number of alkyl carbamates (subject to hydrolysis) is 1. The summed E-state index contributed by atoms with van der Waals surface area (Å²) in [6, 6.07) is 6.32. The number of carboxylic acids is 2. The standard InChI is InChI=1S/C31H34ClF2N3O10/c1-17-2-3-18(12-21(17)33)46-16-26(39)37-31-10-8-30(9-11-31,36-25(38)15-45-19-4-5-20(32)22(34)13-19)14-24(31)47-29(44)35-23(28(42)43)6-7-27(40)41/h2-5,12-13,23-24H,6-11,14-16H2,1H3,(H,35,44)(H,36,38)(H,37,39)(H,40,41)(H,42,43)/t23-,24+,30?,31?/m1/s1. The molecule has 0 aliphatic heterocycles. The maximum Gasteiger partial charge on any atom is 0.408 e. The molecule has 0 spiro atoms. The van der Waals surface area contributed by atoms with E-state index in [4.69, 9.17) is 30.9 Å². The molecule has 3 fully saturated rings. The van der Waals surface area contributed by atoms with Crippen molar-refractivity contribution in [2.75, 3.05) is 13.2 Å². The maximum atomic E-state index is 13.9. The van der Waals surface area contributed by atoms with Gasteiger partial charge in [-0.2, -0.15) is 0 Å². The summed E-state index contributed by atoms with van der Waals surface area (Å²) >= 11 is 5.68. The van der Waals surface area contributed by atoms with Crippen LogP contribution in [0.15, 0.2) is 36.4 Å². The third-order valence-corrected chi connectivity index (χ3v) is 8.65. The minimum Gasteiger partial charge on any atom is -0.484 e. The van der Waals surface area contributed by atoms with Gasteiger partial charge in [0.05, 0.1) is 10.6 Å². The Morgan fingerprint density at radius 3 is 2.09 bits per heavy atom. The molecule has 0 aromatic heterocycles. The Morgan fingerprint density at radius 2 is 1.51 bits per heavy atom. The zero-order valence-corrected chi connectivity index (χ0v) is 26.0. The van der Waals surface area contributed by atoms with E-state index < -0.39 is 90.8 Å². The van der Waals surface area contributed by atoms with Crippen LogP contribution in [0, 0.1) is 18.6 Å². The zero-order chi connectivity index (χ0) is 34.4. The fourth-order valence-electron chi connectivity index (χ4n) is 5.79. The summed E-state index contributed by atoms with van der Waals surface area (Å²) in [4.78, 5) is 61.5. The van der Waals surface area contributed by atoms with Gasteiger partial charge < -0.3 is 40.4 Å². The summed E-state index contributed by atoms with van der Waals surface area (Å²) < 4.78 is 44.2. The van der Waals surface area contributed by atoms with E-state index >= 15 is 0 Å². The first-order valence-corrected chi connectivity index (χ1v) is 15.1. The third kappa shape index (κ3) is 9.21. The van der Waals surface area contributed by atoms with Crippen LogP contribution >= 0.6 is 11.6 Å². The van der Waals surface area contributed by atoms with Crippen molar-refractivity contribution in [1.82, 2.24) is 16.0 Å². The number of aryl methyl sites for hydroxylation is 1. The molecule has 5 rings (SSSR count). The highest BCUT2D eigenvalue weighted by Crippen LogP contribution is 2.48. The fourth-order valence-corrected chi connectivity index (χ4v) is 5.91. The lowest BCUT2D eigenvalue weighted by molar-refractivity contribution is -0.141. The van der Waals surface area contributed by atoms with Crippen LogP contribution in [0.4, 0.5) is 13.6 Å². The summed E-state index contributed by atoms with van der Waals surface area (Å²) in [5, 5.41) is 26.2. The van der Waals surface area contributed by atoms with Crippen LogP contribution in [0.1, 0.15) is 50.5 Å². The molecule has 0 heterocycles. The van der Waals surface area contributed by atoms with Crippen molar-refractivity contribution in [3.63, 3.8) is 0 Å². The number of carbonyl (C=O) groups excluding carboxylic acids is 3. The smallest absolute Gasteiger partial charge is 0.408 e. The molecule has 2 atom stereocenters. The van der Waals surface area contributed by atoms with Gasteiger partial charge in [0.25, 0.3) is 11.8 Å². The highest BCUT2D eigenvalue weighted by Gasteiger charge is 2.57. The molecule has 0 unspecified atom stereocenters. The highest BCUT2D eigenvalue weighted by atomic mass is 35.5. The Kier molecular flexibility index (Phi) is 11.1. The van der Waals surface area contributed by atoms with Gasteiger partial charge in [0, 0.05) is 30.5 Å². The van der Waals surface area contributed by atoms with E-state index in [2.05, 4.69) is 16.0 Å². The van der Waals surface area contributed by atoms with Gasteiger partial charge in [-0.15, -0.1) is 0 Å². The molecule has 3 saturated carbocycles. The van der Waals surface area contributed by atoms with Crippen molar-refractivity contribution in [1.29, 1.82) is 0 Å². The maximum absolute atomic E-state index is 13.9. The molecule has 2 bridgehead atoms. The normalized spacial score (nSPS) is 22.0. The van der Waals surface area contributed by atoms with Gasteiger partial charge >= 0.3 is 18.0 Å². The molecule has 5 N–H and O–H groups in total. The molecular weight excluding hydrogens is 648 g/mol. The number of halogens is 3. The summed E-state index contributed by atoms with van der Waals surface area (Å²) in [6.45, 7) is 0.635. The first-order valence-electron chi connectivity index (χ1n) is 14.7. The van der Waals surface area contributed by atoms with E-state index in [1.54, 1.807) is 6.92 Å². The van der Waals surface area contributed by atoms with Crippen molar-refractivity contribution in [2.45, 2.75) is 75.1 Å². The number of amides is 3. The van der Waals surface area contributed by atoms with E-state index in [0.717, 1.165) is 12.1 Å². The van der Waals surface area contributed by atoms with Crippen molar-refractivity contribution >= 4 is 41.4 Å². The average Bonchev–Trinajstić information content (AvgIpc) is 3.01. The second-order valence-corrected chi connectivity index (χ2v) is 12.1. The largest absolute Gasteiger partial charge is 0.484 e. The van der Waals surface area contributed by atoms with Gasteiger partial charge in [-0.25, -0.2) is 18.4 Å². The van der Waals surface area contributed by atoms with Crippen molar-refractivity contribution in [3.05, 3.63) is 58.6 Å². The van der Waals surface area contributed by atoms with E-state index in [0.29, 0.717) is 18.4 Å². The Labute approximate surface area is 272 Å². The number of rotatable bonds is 14. The highest BCUT2D eigenvalue weighted by molar-refractivity contribution is 6.30. The monoisotopic (exact) mass is 681 g/mol. The number of carboxylic acid groups (broad SMARTS) is 2. The first kappa shape index (κ1) is 35.2. The van der Waals surface area contributed by atoms with E-state index in [1.807, 2.05) is 0 Å². The van der Waals surface area contributed by atoms with Crippen LogP contribution in [-0.2, 0) is 23.9 Å². The Morgan fingerprint density at radius 1 is 0.915 bits per heavy atom. The Balaban J connectivity index is 1.45. The lowest BCUT2D eigenvalue weighted by Gasteiger charge is -2.57. The minimum atomic E-state index is -1.56. The quantitative estimate of drug-likeness (QED) is 0.197. The lowest BCUT2D eigenvalue weighted by Crippen LogP contribution is -2.71. The number of fused-ring (bicyclic) bond motifs is 3. The number of aliphatic carboxylic acids is 2. The molecular formula is C31H34ClF2N3O10. The number of hydrogen-bond donors (Lipinski definition) is 5. The van der Waals surface area contributed by atoms with E-state index in [1.165, 1.54) is 24.3 Å². The summed E-state index contributed by atoms with van der Waals surface area (Å²) in [7, 11) is 0. The molecule has 254 valence electrons. The molecule has 0 saturated heterocycles. The topological polar surface area (TPSA) is 190 Å². The van der Waals surface area contributed by atoms with Crippen LogP contribution in [0.2, 0.25) is 5.02 Å². The number of carbonyl (C=O) groups is 5. The molecule has 3 amide bonds. The summed E-state index contributed by atoms with van der Waals surface area (Å²) in [6.07, 6.45) is -1.93. The minimum absolute atomic E-state index is 0.0267. The van der Waals surface area contributed by atoms with E-state index in [-0.39, 0.29) is 35.8 Å². The molecule has 47 heavy (non-hydrogen) atoms. The van der Waals surface area contributed by atoms with Crippen molar-refractivity contribution < 1.29 is 57.2 Å². The van der Waals surface area contributed by atoms with Gasteiger partial charge in [-0.1, -0.05) is 17.7 Å². The summed E-state index contributed by atoms with van der Waals surface area (Å²) in [5.74, 6) is -4.87. The lowest BCUT2D eigenvalue weighted by atomic mass is 9.59. The van der Waals surface area contributed by atoms with Crippen LogP contribution in [0.25, 0.3) is 0 Å². The molecule has 3 aliphatic carbocycles. The molecule has 0 radical (unpaired) electrons. The molecule has 3 aliphatic rings. The van der Waals surface area contributed by atoms with Crippen molar-refractivity contribution in [2.24, 2.45) is 0 Å². The van der Waals surface area contributed by atoms with Gasteiger partial charge in [0.1, 0.15) is 35.3 Å². The molecule has 2 aromatic rings. The van der Waals surface area contributed by atoms with E-state index in [9.17, 15) is 37.9 Å². The van der Waals surface area contributed by atoms with Crippen LogP contribution < -0.4 is 25.4 Å². The predicted molar refractivity (Wildman–Crippen MR) is 160 cm³/mol. The van der Waals surface area contributed by atoms with Gasteiger partial charge in [-0.3, -0.25) is 14.4 Å². The van der Waals surface area contributed by atoms with Gasteiger partial charge in [0.2, 0.25) is 0 Å². The first-order chi connectivity index (χ1) is 22.2. The molecule has 13 nitrogen and oxygen atoms in total. The zero-order valence-electron chi connectivity index (χ0n) is 25.3. The molecule has 16 heteroatoms. The number of benzene rings is 2. The van der Waals surface area contributed by atoms with Gasteiger partial charge in [-0.05, 0) is 62.8 Å². The Hall–Kier alpha value is -4.66. The van der Waals surface area contributed by atoms with Crippen LogP contribution in [0.3, 0.4) is 0 Å². The predicted octanol–water partition coefficient (Wildman–Crippen LogP) is 3.48.